The third kappa shape index (κ3) is 4.91. The number of hydrogen-bond donors (Lipinski definition) is 2. The van der Waals surface area contributed by atoms with Crippen LogP contribution in [0.2, 0.25) is 0 Å². The topological polar surface area (TPSA) is 134 Å². The lowest BCUT2D eigenvalue weighted by molar-refractivity contribution is -0.151. The minimum atomic E-state index is -0.885. The van der Waals surface area contributed by atoms with Crippen LogP contribution in [0.25, 0.3) is 0 Å². The van der Waals surface area contributed by atoms with Gasteiger partial charge in [-0.05, 0) is 17.7 Å². The lowest BCUT2D eigenvalue weighted by Crippen LogP contribution is -2.44. The van der Waals surface area contributed by atoms with Crippen molar-refractivity contribution in [1.29, 1.82) is 0 Å². The van der Waals surface area contributed by atoms with Crippen molar-refractivity contribution in [2.75, 3.05) is 27.7 Å². The molecule has 3 rings (SSSR count). The average Bonchev–Trinajstić information content (AvgIpc) is 3.25. The Morgan fingerprint density at radius 3 is 2.50 bits per heavy atom. The summed E-state index contributed by atoms with van der Waals surface area (Å²) in [4.78, 5) is 57.1. The molecule has 0 saturated carbocycles. The number of aromatic nitrogens is 2. The number of nitrogens with zero attached hydrogens (tertiary/aromatic N) is 4. The first-order valence-corrected chi connectivity index (χ1v) is 10.4. The highest BCUT2D eigenvalue weighted by Gasteiger charge is 2.41. The monoisotopic (exact) mass is 475 g/mol. The molecule has 12 heteroatoms. The van der Waals surface area contributed by atoms with Gasteiger partial charge in [0.25, 0.3) is 11.5 Å². The first kappa shape index (κ1) is 24.8. The van der Waals surface area contributed by atoms with Crippen LogP contribution in [-0.2, 0) is 27.9 Å². The van der Waals surface area contributed by atoms with Crippen molar-refractivity contribution < 1.29 is 28.6 Å². The Hall–Kier alpha value is -3.80. The fourth-order valence-corrected chi connectivity index (χ4v) is 3.68. The lowest BCUT2D eigenvalue weighted by Gasteiger charge is -2.26. The first-order valence-electron chi connectivity index (χ1n) is 10.4. The highest BCUT2D eigenvalue weighted by molar-refractivity contribution is 6.34. The Kier molecular flexibility index (Phi) is 7.30. The van der Waals surface area contributed by atoms with Gasteiger partial charge in [-0.2, -0.15) is 0 Å². The highest BCUT2D eigenvalue weighted by Crippen LogP contribution is 2.32. The van der Waals surface area contributed by atoms with Gasteiger partial charge in [-0.15, -0.1) is 0 Å². The number of halogens is 1. The van der Waals surface area contributed by atoms with Crippen LogP contribution in [0.1, 0.15) is 34.3 Å². The SMILES string of the molecule is CO[C@@H]1C[C@@H](c2nc(C(=O)NCc3ccc(F)cc3)c(O)c(=O)n2C)N(C(=O)C(=O)N(C)C)C1. The van der Waals surface area contributed by atoms with Crippen molar-refractivity contribution in [2.24, 2.45) is 7.05 Å². The van der Waals surface area contributed by atoms with Crippen LogP contribution in [0.5, 0.6) is 5.75 Å². The van der Waals surface area contributed by atoms with Crippen LogP contribution in [-0.4, -0.2) is 76.0 Å². The minimum absolute atomic E-state index is 0.00189. The molecule has 1 saturated heterocycles. The van der Waals surface area contributed by atoms with Crippen molar-refractivity contribution in [3.8, 4) is 5.75 Å². The third-order valence-electron chi connectivity index (χ3n) is 5.63. The van der Waals surface area contributed by atoms with Gasteiger partial charge in [0.2, 0.25) is 5.75 Å². The average molecular weight is 475 g/mol. The summed E-state index contributed by atoms with van der Waals surface area (Å²) < 4.78 is 19.5. The summed E-state index contributed by atoms with van der Waals surface area (Å²) in [6, 6.07) is 4.59. The molecule has 0 unspecified atom stereocenters. The van der Waals surface area contributed by atoms with Gasteiger partial charge < -0.3 is 25.0 Å². The molecule has 1 aromatic carbocycles. The van der Waals surface area contributed by atoms with Crippen molar-refractivity contribution in [1.82, 2.24) is 24.7 Å². The van der Waals surface area contributed by atoms with Gasteiger partial charge in [0.15, 0.2) is 5.69 Å². The van der Waals surface area contributed by atoms with Gasteiger partial charge in [-0.1, -0.05) is 12.1 Å². The number of likely N-dealkylation sites (tertiary alicyclic amines) is 1. The molecule has 2 aromatic rings. The van der Waals surface area contributed by atoms with E-state index in [1.54, 1.807) is 0 Å². The molecule has 11 nitrogen and oxygen atoms in total. The maximum atomic E-state index is 13.1. The first-order chi connectivity index (χ1) is 16.0. The number of benzene rings is 1. The molecule has 182 valence electrons. The van der Waals surface area contributed by atoms with E-state index in [0.717, 1.165) is 9.47 Å². The zero-order valence-electron chi connectivity index (χ0n) is 19.2. The van der Waals surface area contributed by atoms with E-state index in [2.05, 4.69) is 10.3 Å². The van der Waals surface area contributed by atoms with E-state index >= 15 is 0 Å². The second-order valence-electron chi connectivity index (χ2n) is 8.11. The van der Waals surface area contributed by atoms with E-state index in [-0.39, 0.29) is 25.3 Å². The maximum absolute atomic E-state index is 13.1. The van der Waals surface area contributed by atoms with Crippen LogP contribution in [0, 0.1) is 5.82 Å². The summed E-state index contributed by atoms with van der Waals surface area (Å²) in [5.74, 6) is -3.66. The zero-order valence-corrected chi connectivity index (χ0v) is 19.2. The van der Waals surface area contributed by atoms with E-state index in [1.165, 1.54) is 57.4 Å². The number of methoxy groups -OCH3 is 1. The predicted octanol–water partition coefficient (Wildman–Crippen LogP) is -0.0684. The maximum Gasteiger partial charge on any atom is 0.312 e. The summed E-state index contributed by atoms with van der Waals surface area (Å²) in [6.45, 7) is 0.0876. The van der Waals surface area contributed by atoms with Crippen LogP contribution in [0.15, 0.2) is 29.1 Å². The molecular formula is C22H26FN5O6. The molecule has 1 aromatic heterocycles. The van der Waals surface area contributed by atoms with Gasteiger partial charge >= 0.3 is 11.8 Å². The van der Waals surface area contributed by atoms with Crippen LogP contribution in [0.4, 0.5) is 4.39 Å². The molecule has 1 aliphatic rings. The quantitative estimate of drug-likeness (QED) is 0.578. The molecule has 0 bridgehead atoms. The number of carbonyl (C=O) groups is 3. The number of carbonyl (C=O) groups excluding carboxylic acids is 3. The second-order valence-corrected chi connectivity index (χ2v) is 8.11. The number of rotatable bonds is 5. The van der Waals surface area contributed by atoms with Crippen molar-refractivity contribution in [3.05, 3.63) is 57.5 Å². The predicted molar refractivity (Wildman–Crippen MR) is 117 cm³/mol. The van der Waals surface area contributed by atoms with E-state index in [0.29, 0.717) is 5.56 Å². The molecule has 2 heterocycles. The largest absolute Gasteiger partial charge is 0.501 e. The van der Waals surface area contributed by atoms with Gasteiger partial charge in [-0.3, -0.25) is 23.7 Å². The number of ether oxygens (including phenoxy) is 1. The molecule has 0 aliphatic carbocycles. The Morgan fingerprint density at radius 1 is 1.26 bits per heavy atom. The van der Waals surface area contributed by atoms with E-state index in [9.17, 15) is 28.7 Å². The van der Waals surface area contributed by atoms with Gasteiger partial charge in [0, 0.05) is 47.8 Å². The molecule has 0 spiro atoms. The summed E-state index contributed by atoms with van der Waals surface area (Å²) in [5.41, 5.74) is -0.812. The number of aromatic hydroxyl groups is 1. The molecule has 3 amide bonds. The standard InChI is InChI=1S/C22H26FN5O6/c1-26(2)21(32)22(33)28-11-14(34-4)9-15(28)18-25-16(17(29)20(31)27(18)3)19(30)24-10-12-5-7-13(23)8-6-12/h5-8,14-15,29H,9-11H2,1-4H3,(H,24,30)/t14-,15+/m1/s1. The van der Waals surface area contributed by atoms with E-state index < -0.39 is 52.7 Å². The summed E-state index contributed by atoms with van der Waals surface area (Å²) in [5, 5.41) is 12.8. The van der Waals surface area contributed by atoms with E-state index in [4.69, 9.17) is 4.74 Å². The fourth-order valence-electron chi connectivity index (χ4n) is 3.68. The fraction of sp³-hybridized carbons (Fsp3) is 0.409. The molecular weight excluding hydrogens is 449 g/mol. The Bertz CT molecular complexity index is 1160. The van der Waals surface area contributed by atoms with Gasteiger partial charge in [0.05, 0.1) is 12.1 Å². The summed E-state index contributed by atoms with van der Waals surface area (Å²) >= 11 is 0. The van der Waals surface area contributed by atoms with Crippen LogP contribution < -0.4 is 10.9 Å². The number of likely N-dealkylation sites (N-methyl/N-ethyl adjacent to an activating group) is 1. The minimum Gasteiger partial charge on any atom is -0.501 e. The zero-order chi connectivity index (χ0) is 25.2. The Morgan fingerprint density at radius 2 is 1.91 bits per heavy atom. The summed E-state index contributed by atoms with van der Waals surface area (Å²) in [7, 11) is 5.69. The third-order valence-corrected chi connectivity index (χ3v) is 5.63. The van der Waals surface area contributed by atoms with Crippen molar-refractivity contribution in [2.45, 2.75) is 25.1 Å². The molecule has 2 N–H and O–H groups in total. The molecule has 1 fully saturated rings. The van der Waals surface area contributed by atoms with Crippen LogP contribution >= 0.6 is 0 Å². The van der Waals surface area contributed by atoms with Crippen molar-refractivity contribution in [3.63, 3.8) is 0 Å². The summed E-state index contributed by atoms with van der Waals surface area (Å²) in [6.07, 6.45) is -0.199. The number of nitrogens with one attached hydrogen (secondary N) is 1. The van der Waals surface area contributed by atoms with Gasteiger partial charge in [-0.25, -0.2) is 9.37 Å². The second kappa shape index (κ2) is 10.00. The van der Waals surface area contributed by atoms with Crippen LogP contribution in [0.3, 0.4) is 0 Å². The molecule has 2 atom stereocenters. The highest BCUT2D eigenvalue weighted by atomic mass is 19.1. The Labute approximate surface area is 194 Å². The number of hydrogen-bond acceptors (Lipinski definition) is 7. The molecule has 0 radical (unpaired) electrons. The molecule has 34 heavy (non-hydrogen) atoms. The lowest BCUT2D eigenvalue weighted by atomic mass is 10.1. The molecule has 1 aliphatic heterocycles. The normalized spacial score (nSPS) is 17.5. The van der Waals surface area contributed by atoms with Crippen molar-refractivity contribution >= 4 is 17.7 Å². The van der Waals surface area contributed by atoms with E-state index in [1.807, 2.05) is 0 Å². The van der Waals surface area contributed by atoms with Gasteiger partial charge in [0.1, 0.15) is 11.6 Å². The smallest absolute Gasteiger partial charge is 0.312 e. The Balaban J connectivity index is 1.95. The number of amides is 3.